The highest BCUT2D eigenvalue weighted by Crippen LogP contribution is 2.25. The summed E-state index contributed by atoms with van der Waals surface area (Å²) >= 11 is 1.62. The number of hydrogen-bond acceptors (Lipinski definition) is 5. The Kier molecular flexibility index (Phi) is 5.24. The second-order valence-corrected chi connectivity index (χ2v) is 7.92. The number of anilines is 1. The molecule has 2 aromatic carbocycles. The van der Waals surface area contributed by atoms with Gasteiger partial charge in [-0.1, -0.05) is 35.5 Å². The van der Waals surface area contributed by atoms with Gasteiger partial charge >= 0.3 is 0 Å². The van der Waals surface area contributed by atoms with Gasteiger partial charge in [-0.3, -0.25) is 9.78 Å². The number of aromatic nitrogens is 4. The van der Waals surface area contributed by atoms with Gasteiger partial charge in [0.05, 0.1) is 12.1 Å². The maximum atomic E-state index is 13.4. The predicted molar refractivity (Wildman–Crippen MR) is 123 cm³/mol. The van der Waals surface area contributed by atoms with E-state index in [-0.39, 0.29) is 12.5 Å². The second kappa shape index (κ2) is 8.49. The Labute approximate surface area is 183 Å². The zero-order valence-corrected chi connectivity index (χ0v) is 17.4. The van der Waals surface area contributed by atoms with Gasteiger partial charge in [0.2, 0.25) is 5.91 Å². The Balaban J connectivity index is 1.44. The third-order valence-electron chi connectivity index (χ3n) is 5.10. The molecule has 152 valence electrons. The zero-order valence-electron chi connectivity index (χ0n) is 16.6. The molecule has 0 unspecified atom stereocenters. The van der Waals surface area contributed by atoms with Gasteiger partial charge in [-0.2, -0.15) is 11.3 Å². The van der Waals surface area contributed by atoms with Crippen LogP contribution in [-0.2, 0) is 17.9 Å². The summed E-state index contributed by atoms with van der Waals surface area (Å²) in [6.07, 6.45) is 3.59. The molecule has 3 aromatic heterocycles. The molecule has 0 atom stereocenters. The van der Waals surface area contributed by atoms with Crippen LogP contribution in [0.3, 0.4) is 0 Å². The summed E-state index contributed by atoms with van der Waals surface area (Å²) in [5, 5.41) is 12.4. The fraction of sp³-hybridized carbons (Fsp3) is 0.0833. The summed E-state index contributed by atoms with van der Waals surface area (Å²) < 4.78 is 1.66. The van der Waals surface area contributed by atoms with E-state index < -0.39 is 0 Å². The van der Waals surface area contributed by atoms with Crippen molar-refractivity contribution in [2.75, 3.05) is 4.90 Å². The summed E-state index contributed by atoms with van der Waals surface area (Å²) in [5.41, 5.74) is 5.66. The van der Waals surface area contributed by atoms with E-state index in [1.165, 1.54) is 0 Å². The number of carbonyl (C=O) groups is 1. The van der Waals surface area contributed by atoms with Gasteiger partial charge in [0.15, 0.2) is 0 Å². The molecule has 0 N–H and O–H groups in total. The minimum atomic E-state index is -0.0454. The van der Waals surface area contributed by atoms with E-state index in [2.05, 4.69) is 20.7 Å². The van der Waals surface area contributed by atoms with Gasteiger partial charge in [0, 0.05) is 18.1 Å². The average Bonchev–Trinajstić information content (AvgIpc) is 3.48. The number of carbonyl (C=O) groups excluding carboxylic acids is 1. The van der Waals surface area contributed by atoms with E-state index >= 15 is 0 Å². The Bertz CT molecular complexity index is 1300. The van der Waals surface area contributed by atoms with Crippen molar-refractivity contribution in [3.8, 4) is 11.1 Å². The topological polar surface area (TPSA) is 63.9 Å². The molecule has 0 aliphatic heterocycles. The molecule has 0 saturated heterocycles. The largest absolute Gasteiger partial charge is 0.306 e. The number of para-hydroxylation sites is 1. The van der Waals surface area contributed by atoms with Crippen molar-refractivity contribution in [2.24, 2.45) is 0 Å². The van der Waals surface area contributed by atoms with Crippen LogP contribution in [0, 0.1) is 0 Å². The van der Waals surface area contributed by atoms with Crippen molar-refractivity contribution in [3.05, 3.63) is 95.4 Å². The van der Waals surface area contributed by atoms with Crippen molar-refractivity contribution in [3.63, 3.8) is 0 Å². The lowest BCUT2D eigenvalue weighted by atomic mass is 10.1. The highest BCUT2D eigenvalue weighted by atomic mass is 32.1. The number of benzene rings is 2. The first-order valence-electron chi connectivity index (χ1n) is 9.88. The van der Waals surface area contributed by atoms with Gasteiger partial charge < -0.3 is 4.90 Å². The summed E-state index contributed by atoms with van der Waals surface area (Å²) in [6, 6.07) is 21.6. The Morgan fingerprint density at radius 3 is 2.61 bits per heavy atom. The summed E-state index contributed by atoms with van der Waals surface area (Å²) in [4.78, 5) is 19.3. The van der Waals surface area contributed by atoms with E-state index in [0.717, 1.165) is 33.4 Å². The van der Waals surface area contributed by atoms with Gasteiger partial charge in [-0.25, -0.2) is 4.68 Å². The van der Waals surface area contributed by atoms with Crippen molar-refractivity contribution in [1.82, 2.24) is 20.0 Å². The molecule has 0 spiro atoms. The molecule has 1 amide bonds. The number of nitrogens with zero attached hydrogens (tertiary/aromatic N) is 5. The zero-order chi connectivity index (χ0) is 21.0. The van der Waals surface area contributed by atoms with Crippen LogP contribution in [0.4, 0.5) is 5.69 Å². The lowest BCUT2D eigenvalue weighted by Crippen LogP contribution is -2.33. The maximum absolute atomic E-state index is 13.4. The average molecular weight is 426 g/mol. The molecule has 3 heterocycles. The van der Waals surface area contributed by atoms with Gasteiger partial charge in [-0.05, 0) is 63.8 Å². The first-order chi connectivity index (χ1) is 15.3. The minimum Gasteiger partial charge on any atom is -0.306 e. The molecule has 0 aliphatic carbocycles. The lowest BCUT2D eigenvalue weighted by molar-refractivity contribution is -0.119. The van der Waals surface area contributed by atoms with Crippen LogP contribution in [0.15, 0.2) is 89.9 Å². The fourth-order valence-electron chi connectivity index (χ4n) is 3.50. The molecular weight excluding hydrogens is 406 g/mol. The monoisotopic (exact) mass is 425 g/mol. The number of rotatable bonds is 6. The smallest absolute Gasteiger partial charge is 0.249 e. The van der Waals surface area contributed by atoms with Crippen LogP contribution in [0.5, 0.6) is 0 Å². The van der Waals surface area contributed by atoms with Crippen molar-refractivity contribution in [1.29, 1.82) is 0 Å². The number of pyridine rings is 1. The Morgan fingerprint density at radius 1 is 0.968 bits per heavy atom. The molecule has 5 rings (SSSR count). The molecule has 0 radical (unpaired) electrons. The number of amides is 1. The maximum Gasteiger partial charge on any atom is 0.249 e. The molecule has 0 fully saturated rings. The van der Waals surface area contributed by atoms with Gasteiger partial charge in [0.25, 0.3) is 0 Å². The first kappa shape index (κ1) is 19.1. The van der Waals surface area contributed by atoms with E-state index in [0.29, 0.717) is 6.54 Å². The van der Waals surface area contributed by atoms with Crippen LogP contribution in [0.2, 0.25) is 0 Å². The highest BCUT2D eigenvalue weighted by Gasteiger charge is 2.19. The number of hydrogen-bond donors (Lipinski definition) is 0. The van der Waals surface area contributed by atoms with Crippen LogP contribution in [0.1, 0.15) is 5.56 Å². The third kappa shape index (κ3) is 4.08. The standard InChI is InChI=1S/C24H19N5OS/c30-24(16-29-23-6-2-1-5-22(23)26-27-29)28(15-18-11-13-31-17-18)21-9-7-19(8-10-21)20-4-3-12-25-14-20/h1-14,17H,15-16H2. The lowest BCUT2D eigenvalue weighted by Gasteiger charge is -2.23. The minimum absolute atomic E-state index is 0.0454. The number of thiophene rings is 1. The SMILES string of the molecule is O=C(Cn1nnc2ccccc21)N(Cc1ccsc1)c1ccc(-c2cccnc2)cc1. The molecule has 7 heteroatoms. The predicted octanol–water partition coefficient (Wildman–Crippen LogP) is 4.79. The molecule has 0 saturated carbocycles. The Hall–Kier alpha value is -3.84. The molecule has 0 aliphatic rings. The van der Waals surface area contributed by atoms with Crippen molar-refractivity contribution >= 4 is 34.0 Å². The summed E-state index contributed by atoms with van der Waals surface area (Å²) in [7, 11) is 0. The fourth-order valence-corrected chi connectivity index (χ4v) is 4.16. The van der Waals surface area contributed by atoms with Gasteiger partial charge in [-0.15, -0.1) is 5.10 Å². The van der Waals surface area contributed by atoms with E-state index in [9.17, 15) is 4.79 Å². The molecule has 6 nitrogen and oxygen atoms in total. The van der Waals surface area contributed by atoms with Crippen LogP contribution in [0.25, 0.3) is 22.2 Å². The second-order valence-electron chi connectivity index (χ2n) is 7.14. The number of fused-ring (bicyclic) bond motifs is 1. The first-order valence-corrected chi connectivity index (χ1v) is 10.8. The molecular formula is C24H19N5OS. The van der Waals surface area contributed by atoms with Crippen LogP contribution in [-0.4, -0.2) is 25.9 Å². The van der Waals surface area contributed by atoms with Crippen molar-refractivity contribution < 1.29 is 4.79 Å². The van der Waals surface area contributed by atoms with E-state index in [1.54, 1.807) is 27.1 Å². The quantitative estimate of drug-likeness (QED) is 0.392. The van der Waals surface area contributed by atoms with E-state index in [4.69, 9.17) is 0 Å². The highest BCUT2D eigenvalue weighted by molar-refractivity contribution is 7.07. The molecule has 5 aromatic rings. The molecule has 0 bridgehead atoms. The van der Waals surface area contributed by atoms with Crippen LogP contribution < -0.4 is 4.90 Å². The summed E-state index contributed by atoms with van der Waals surface area (Å²) in [6.45, 7) is 0.621. The van der Waals surface area contributed by atoms with Crippen molar-refractivity contribution in [2.45, 2.75) is 13.1 Å². The third-order valence-corrected chi connectivity index (χ3v) is 5.83. The van der Waals surface area contributed by atoms with Crippen LogP contribution >= 0.6 is 11.3 Å². The Morgan fingerprint density at radius 2 is 1.84 bits per heavy atom. The van der Waals surface area contributed by atoms with E-state index in [1.807, 2.05) is 78.3 Å². The normalized spacial score (nSPS) is 11.0. The summed E-state index contributed by atoms with van der Waals surface area (Å²) in [5.74, 6) is -0.0454. The molecule has 31 heavy (non-hydrogen) atoms. The van der Waals surface area contributed by atoms with Gasteiger partial charge in [0.1, 0.15) is 12.1 Å².